The number of anilines is 1. The molecule has 2 amide bonds. The number of para-hydroxylation sites is 2. The van der Waals surface area contributed by atoms with Gasteiger partial charge in [-0.1, -0.05) is 12.1 Å². The summed E-state index contributed by atoms with van der Waals surface area (Å²) in [4.78, 5) is 39.9. The summed E-state index contributed by atoms with van der Waals surface area (Å²) >= 11 is 0. The minimum absolute atomic E-state index is 0.0263. The van der Waals surface area contributed by atoms with E-state index in [9.17, 15) is 14.4 Å². The lowest BCUT2D eigenvalue weighted by atomic mass is 9.97. The number of nitrogens with zero attached hydrogens (tertiary/aromatic N) is 2. The molecule has 0 bridgehead atoms. The first-order chi connectivity index (χ1) is 13.0. The second kappa shape index (κ2) is 8.41. The predicted octanol–water partition coefficient (Wildman–Crippen LogP) is 2.13. The van der Waals surface area contributed by atoms with Crippen LogP contribution < -0.4 is 9.64 Å². The smallest absolute Gasteiger partial charge is 0.308 e. The van der Waals surface area contributed by atoms with Crippen LogP contribution in [-0.4, -0.2) is 54.5 Å². The van der Waals surface area contributed by atoms with Gasteiger partial charge in [0.05, 0.1) is 12.1 Å². The molecule has 1 aromatic carbocycles. The molecule has 0 aromatic heterocycles. The Hall–Kier alpha value is -2.57. The Morgan fingerprint density at radius 3 is 2.63 bits per heavy atom. The van der Waals surface area contributed by atoms with E-state index in [2.05, 4.69) is 0 Å². The molecule has 2 aliphatic rings. The number of carbonyl (C=O) groups excluding carboxylic acids is 3. The van der Waals surface area contributed by atoms with Gasteiger partial charge in [0, 0.05) is 18.6 Å². The number of hydrogen-bond donors (Lipinski definition) is 0. The summed E-state index contributed by atoms with van der Waals surface area (Å²) in [5.74, 6) is -0.226. The minimum Gasteiger partial charge on any atom is -0.482 e. The fourth-order valence-corrected chi connectivity index (χ4v) is 3.80. The number of amides is 2. The molecule has 1 aromatic rings. The Morgan fingerprint density at radius 2 is 1.89 bits per heavy atom. The van der Waals surface area contributed by atoms with Crippen LogP contribution in [0.2, 0.25) is 0 Å². The minimum atomic E-state index is -0.488. The molecule has 0 saturated carbocycles. The van der Waals surface area contributed by atoms with Crippen LogP contribution >= 0.6 is 0 Å². The van der Waals surface area contributed by atoms with Gasteiger partial charge in [0.25, 0.3) is 11.8 Å². The van der Waals surface area contributed by atoms with Gasteiger partial charge in [0.15, 0.2) is 13.2 Å². The van der Waals surface area contributed by atoms with Gasteiger partial charge >= 0.3 is 5.97 Å². The molecule has 2 atom stereocenters. The van der Waals surface area contributed by atoms with Crippen molar-refractivity contribution in [3.63, 3.8) is 0 Å². The monoisotopic (exact) mass is 374 g/mol. The number of likely N-dealkylation sites (tertiary alicyclic amines) is 1. The lowest BCUT2D eigenvalue weighted by Gasteiger charge is -2.38. The molecule has 0 aliphatic carbocycles. The van der Waals surface area contributed by atoms with Crippen LogP contribution in [0.3, 0.4) is 0 Å². The van der Waals surface area contributed by atoms with E-state index in [1.807, 2.05) is 30.9 Å². The van der Waals surface area contributed by atoms with Crippen molar-refractivity contribution < 1.29 is 23.9 Å². The first kappa shape index (κ1) is 19.2. The maximum absolute atomic E-state index is 12.4. The summed E-state index contributed by atoms with van der Waals surface area (Å²) in [7, 11) is 0. The molecule has 2 aliphatic heterocycles. The molecule has 27 heavy (non-hydrogen) atoms. The standard InChI is InChI=1S/C20H26N2O5/c1-14-6-5-7-15(2)22(14)19(24)13-27-20(25)10-11-21-16-8-3-4-9-17(16)26-12-18(21)23/h3-4,8-9,14-15H,5-7,10-13H2,1-2H3/t14-,15-/m0/s1. The Labute approximate surface area is 159 Å². The first-order valence-electron chi connectivity index (χ1n) is 9.46. The van der Waals surface area contributed by atoms with E-state index >= 15 is 0 Å². The highest BCUT2D eigenvalue weighted by Crippen LogP contribution is 2.31. The second-order valence-electron chi connectivity index (χ2n) is 7.14. The van der Waals surface area contributed by atoms with Crippen LogP contribution in [0.25, 0.3) is 0 Å². The molecule has 2 heterocycles. The second-order valence-corrected chi connectivity index (χ2v) is 7.14. The van der Waals surface area contributed by atoms with E-state index < -0.39 is 5.97 Å². The first-order valence-corrected chi connectivity index (χ1v) is 9.46. The zero-order valence-electron chi connectivity index (χ0n) is 15.8. The van der Waals surface area contributed by atoms with Gasteiger partial charge in [0.2, 0.25) is 0 Å². The number of fused-ring (bicyclic) bond motifs is 1. The molecule has 146 valence electrons. The van der Waals surface area contributed by atoms with E-state index in [0.29, 0.717) is 11.4 Å². The Morgan fingerprint density at radius 1 is 1.19 bits per heavy atom. The van der Waals surface area contributed by atoms with E-state index in [1.165, 1.54) is 4.90 Å². The van der Waals surface area contributed by atoms with Crippen LogP contribution in [0.1, 0.15) is 39.5 Å². The summed E-state index contributed by atoms with van der Waals surface area (Å²) in [6, 6.07) is 7.54. The Kier molecular flexibility index (Phi) is 5.98. The van der Waals surface area contributed by atoms with E-state index in [4.69, 9.17) is 9.47 Å². The summed E-state index contributed by atoms with van der Waals surface area (Å²) in [5.41, 5.74) is 0.647. The number of ether oxygens (including phenoxy) is 2. The van der Waals surface area contributed by atoms with Crippen LogP contribution in [0, 0.1) is 0 Å². The van der Waals surface area contributed by atoms with E-state index in [-0.39, 0.29) is 50.1 Å². The van der Waals surface area contributed by atoms with Gasteiger partial charge < -0.3 is 19.3 Å². The van der Waals surface area contributed by atoms with Crippen molar-refractivity contribution in [1.82, 2.24) is 4.90 Å². The topological polar surface area (TPSA) is 76.2 Å². The normalized spacial score (nSPS) is 22.1. The van der Waals surface area contributed by atoms with Crippen molar-refractivity contribution in [1.29, 1.82) is 0 Å². The van der Waals surface area contributed by atoms with Gasteiger partial charge in [-0.3, -0.25) is 14.4 Å². The maximum atomic E-state index is 12.4. The molecular weight excluding hydrogens is 348 g/mol. The van der Waals surface area contributed by atoms with Crippen LogP contribution in [-0.2, 0) is 19.1 Å². The highest BCUT2D eigenvalue weighted by molar-refractivity contribution is 5.98. The average Bonchev–Trinajstić information content (AvgIpc) is 2.65. The third kappa shape index (κ3) is 4.40. The largest absolute Gasteiger partial charge is 0.482 e. The van der Waals surface area contributed by atoms with Crippen LogP contribution in [0.15, 0.2) is 24.3 Å². The molecule has 1 fully saturated rings. The maximum Gasteiger partial charge on any atom is 0.308 e. The highest BCUT2D eigenvalue weighted by atomic mass is 16.5. The molecule has 1 saturated heterocycles. The van der Waals surface area contributed by atoms with Gasteiger partial charge in [-0.25, -0.2) is 0 Å². The van der Waals surface area contributed by atoms with Gasteiger partial charge in [0.1, 0.15) is 5.75 Å². The van der Waals surface area contributed by atoms with Gasteiger partial charge in [-0.05, 0) is 45.2 Å². The summed E-state index contributed by atoms with van der Waals surface area (Å²) < 4.78 is 10.6. The van der Waals surface area contributed by atoms with Crippen molar-refractivity contribution in [3.05, 3.63) is 24.3 Å². The number of benzene rings is 1. The summed E-state index contributed by atoms with van der Waals surface area (Å²) in [6.45, 7) is 3.95. The molecule has 0 N–H and O–H groups in total. The van der Waals surface area contributed by atoms with Crippen LogP contribution in [0.4, 0.5) is 5.69 Å². The third-order valence-electron chi connectivity index (χ3n) is 5.19. The van der Waals surface area contributed by atoms with Gasteiger partial charge in [-0.2, -0.15) is 0 Å². The zero-order valence-corrected chi connectivity index (χ0v) is 15.8. The number of carbonyl (C=O) groups is 3. The molecule has 0 spiro atoms. The number of piperidine rings is 1. The average molecular weight is 374 g/mol. The van der Waals surface area contributed by atoms with Crippen molar-refractivity contribution in [2.24, 2.45) is 0 Å². The number of rotatable bonds is 5. The molecule has 0 unspecified atom stereocenters. The summed E-state index contributed by atoms with van der Waals surface area (Å²) in [6.07, 6.45) is 3.09. The number of hydrogen-bond acceptors (Lipinski definition) is 5. The predicted molar refractivity (Wildman–Crippen MR) is 99.5 cm³/mol. The summed E-state index contributed by atoms with van der Waals surface area (Å²) in [5, 5.41) is 0. The third-order valence-corrected chi connectivity index (χ3v) is 5.19. The Bertz CT molecular complexity index is 710. The zero-order chi connectivity index (χ0) is 19.4. The van der Waals surface area contributed by atoms with Crippen molar-refractivity contribution in [2.75, 3.05) is 24.7 Å². The fraction of sp³-hybridized carbons (Fsp3) is 0.550. The van der Waals surface area contributed by atoms with Crippen molar-refractivity contribution in [3.8, 4) is 5.75 Å². The molecule has 0 radical (unpaired) electrons. The molecule has 3 rings (SSSR count). The lowest BCUT2D eigenvalue weighted by Crippen LogP contribution is -2.49. The molecular formula is C20H26N2O5. The van der Waals surface area contributed by atoms with E-state index in [0.717, 1.165) is 19.3 Å². The fourth-order valence-electron chi connectivity index (χ4n) is 3.80. The Balaban J connectivity index is 1.50. The SMILES string of the molecule is C[C@H]1CCC[C@H](C)N1C(=O)COC(=O)CCN1C(=O)COc2ccccc21. The number of esters is 1. The molecule has 7 nitrogen and oxygen atoms in total. The van der Waals surface area contributed by atoms with Crippen molar-refractivity contribution in [2.45, 2.75) is 51.6 Å². The van der Waals surface area contributed by atoms with E-state index in [1.54, 1.807) is 12.1 Å². The molecule has 7 heteroatoms. The lowest BCUT2D eigenvalue weighted by molar-refractivity contribution is -0.154. The van der Waals surface area contributed by atoms with Crippen LogP contribution in [0.5, 0.6) is 5.75 Å². The highest BCUT2D eigenvalue weighted by Gasteiger charge is 2.30. The van der Waals surface area contributed by atoms with Gasteiger partial charge in [-0.15, -0.1) is 0 Å². The quantitative estimate of drug-likeness (QED) is 0.738. The van der Waals surface area contributed by atoms with Crippen molar-refractivity contribution >= 4 is 23.5 Å².